The van der Waals surface area contributed by atoms with Gasteiger partial charge in [-0.1, -0.05) is 26.2 Å². The van der Waals surface area contributed by atoms with E-state index in [1.807, 2.05) is 0 Å². The van der Waals surface area contributed by atoms with Crippen LogP contribution in [0.4, 0.5) is 0 Å². The number of terminal acetylenes is 1. The van der Waals surface area contributed by atoms with Gasteiger partial charge in [-0.05, 0) is 18.6 Å². The van der Waals surface area contributed by atoms with Gasteiger partial charge in [0.25, 0.3) is 0 Å². The van der Waals surface area contributed by atoms with Crippen LogP contribution in [0.25, 0.3) is 0 Å². The average molecular weight is 206 g/mol. The van der Waals surface area contributed by atoms with Crippen molar-refractivity contribution in [3.05, 3.63) is 24.2 Å². The van der Waals surface area contributed by atoms with Gasteiger partial charge in [-0.25, -0.2) is 0 Å². The highest BCUT2D eigenvalue weighted by molar-refractivity contribution is 5.08. The molecule has 0 aliphatic carbocycles. The number of aliphatic hydroxyl groups is 1. The van der Waals surface area contributed by atoms with Crippen LogP contribution < -0.4 is 0 Å². The third-order valence-corrected chi connectivity index (χ3v) is 2.55. The van der Waals surface area contributed by atoms with Crippen LogP contribution >= 0.6 is 0 Å². The monoisotopic (exact) mass is 206 g/mol. The van der Waals surface area contributed by atoms with Crippen LogP contribution in [0.2, 0.25) is 0 Å². The van der Waals surface area contributed by atoms with Crippen molar-refractivity contribution < 1.29 is 9.52 Å². The van der Waals surface area contributed by atoms with Gasteiger partial charge >= 0.3 is 0 Å². The Labute approximate surface area is 91.3 Å². The van der Waals surface area contributed by atoms with Gasteiger partial charge in [0.15, 0.2) is 0 Å². The first-order chi connectivity index (χ1) is 7.29. The Morgan fingerprint density at radius 2 is 2.33 bits per heavy atom. The Hall–Kier alpha value is -1.20. The van der Waals surface area contributed by atoms with Crippen molar-refractivity contribution in [1.29, 1.82) is 0 Å². The van der Waals surface area contributed by atoms with E-state index < -0.39 is 6.10 Å². The summed E-state index contributed by atoms with van der Waals surface area (Å²) in [6, 6.07) is 3.52. The lowest BCUT2D eigenvalue weighted by atomic mass is 9.95. The molecule has 2 atom stereocenters. The molecule has 0 spiro atoms. The Bertz CT molecular complexity index is 295. The van der Waals surface area contributed by atoms with Crippen LogP contribution in [-0.4, -0.2) is 5.11 Å². The molecule has 0 aliphatic rings. The van der Waals surface area contributed by atoms with Gasteiger partial charge in [-0.3, -0.25) is 0 Å². The molecule has 1 rings (SSSR count). The number of aliphatic hydroxyl groups excluding tert-OH is 1. The average Bonchev–Trinajstić information content (AvgIpc) is 2.77. The number of hydrogen-bond donors (Lipinski definition) is 1. The van der Waals surface area contributed by atoms with Crippen molar-refractivity contribution in [2.45, 2.75) is 38.7 Å². The number of rotatable bonds is 6. The third-order valence-electron chi connectivity index (χ3n) is 2.55. The van der Waals surface area contributed by atoms with Crippen molar-refractivity contribution in [2.75, 3.05) is 0 Å². The Balaban J connectivity index is 2.48. The van der Waals surface area contributed by atoms with Gasteiger partial charge in [-0.15, -0.1) is 12.3 Å². The zero-order valence-electron chi connectivity index (χ0n) is 9.15. The quantitative estimate of drug-likeness (QED) is 0.573. The number of unbranched alkanes of at least 4 members (excludes halogenated alkanes) is 2. The Kier molecular flexibility index (Phi) is 5.00. The van der Waals surface area contributed by atoms with Gasteiger partial charge in [0.1, 0.15) is 11.9 Å². The zero-order valence-corrected chi connectivity index (χ0v) is 9.15. The van der Waals surface area contributed by atoms with Crippen LogP contribution in [0.1, 0.15) is 44.5 Å². The fourth-order valence-electron chi connectivity index (χ4n) is 1.60. The summed E-state index contributed by atoms with van der Waals surface area (Å²) >= 11 is 0. The van der Waals surface area contributed by atoms with Crippen molar-refractivity contribution >= 4 is 0 Å². The van der Waals surface area contributed by atoms with E-state index in [0.29, 0.717) is 5.76 Å². The molecular weight excluding hydrogens is 188 g/mol. The van der Waals surface area contributed by atoms with E-state index in [2.05, 4.69) is 12.8 Å². The van der Waals surface area contributed by atoms with E-state index in [0.717, 1.165) is 25.7 Å². The van der Waals surface area contributed by atoms with Crippen molar-refractivity contribution in [3.8, 4) is 12.3 Å². The number of hydrogen-bond acceptors (Lipinski definition) is 2. The molecule has 82 valence electrons. The molecule has 0 bridgehead atoms. The van der Waals surface area contributed by atoms with E-state index in [9.17, 15) is 5.11 Å². The van der Waals surface area contributed by atoms with Gasteiger partial charge in [0.05, 0.1) is 12.2 Å². The van der Waals surface area contributed by atoms with Crippen molar-refractivity contribution in [2.24, 2.45) is 5.92 Å². The fraction of sp³-hybridized carbons (Fsp3) is 0.538. The van der Waals surface area contributed by atoms with E-state index in [4.69, 9.17) is 10.8 Å². The predicted molar refractivity (Wildman–Crippen MR) is 60.1 cm³/mol. The molecule has 0 amide bonds. The van der Waals surface area contributed by atoms with Crippen LogP contribution in [0.3, 0.4) is 0 Å². The molecule has 1 aromatic rings. The molecule has 2 nitrogen and oxygen atoms in total. The smallest absolute Gasteiger partial charge is 0.133 e. The topological polar surface area (TPSA) is 33.4 Å². The highest BCUT2D eigenvalue weighted by atomic mass is 16.4. The zero-order chi connectivity index (χ0) is 11.1. The lowest BCUT2D eigenvalue weighted by Crippen LogP contribution is -2.10. The van der Waals surface area contributed by atoms with Crippen LogP contribution in [0.15, 0.2) is 22.8 Å². The molecule has 1 heterocycles. The first-order valence-electron chi connectivity index (χ1n) is 5.47. The molecule has 0 saturated carbocycles. The van der Waals surface area contributed by atoms with E-state index in [1.165, 1.54) is 0 Å². The molecule has 0 fully saturated rings. The molecule has 0 aliphatic heterocycles. The third kappa shape index (κ3) is 3.45. The molecule has 15 heavy (non-hydrogen) atoms. The lowest BCUT2D eigenvalue weighted by molar-refractivity contribution is 0.106. The van der Waals surface area contributed by atoms with E-state index >= 15 is 0 Å². The van der Waals surface area contributed by atoms with E-state index in [-0.39, 0.29) is 5.92 Å². The second-order valence-electron chi connectivity index (χ2n) is 3.73. The van der Waals surface area contributed by atoms with Gasteiger partial charge in [0, 0.05) is 0 Å². The summed E-state index contributed by atoms with van der Waals surface area (Å²) in [5.41, 5.74) is 0. The standard InChI is InChI=1S/C13H18O2/c1-3-5-6-8-11(4-2)13(14)12-9-7-10-15-12/h2,7,9-11,13-14H,3,5-6,8H2,1H3/t11-,13+/m0/s1. The van der Waals surface area contributed by atoms with Crippen LogP contribution in [0.5, 0.6) is 0 Å². The highest BCUT2D eigenvalue weighted by Gasteiger charge is 2.20. The Morgan fingerprint density at radius 3 is 2.87 bits per heavy atom. The lowest BCUT2D eigenvalue weighted by Gasteiger charge is -2.15. The second kappa shape index (κ2) is 6.31. The van der Waals surface area contributed by atoms with Gasteiger partial charge in [0.2, 0.25) is 0 Å². The minimum Gasteiger partial charge on any atom is -0.467 e. The second-order valence-corrected chi connectivity index (χ2v) is 3.73. The molecule has 0 aromatic carbocycles. The first-order valence-corrected chi connectivity index (χ1v) is 5.47. The summed E-state index contributed by atoms with van der Waals surface area (Å²) in [7, 11) is 0. The highest BCUT2D eigenvalue weighted by Crippen LogP contribution is 2.26. The summed E-state index contributed by atoms with van der Waals surface area (Å²) in [5, 5.41) is 9.93. The van der Waals surface area contributed by atoms with Crippen molar-refractivity contribution in [1.82, 2.24) is 0 Å². The maximum atomic E-state index is 9.93. The van der Waals surface area contributed by atoms with Crippen molar-refractivity contribution in [3.63, 3.8) is 0 Å². The first kappa shape index (κ1) is 11.9. The molecule has 1 aromatic heterocycles. The summed E-state index contributed by atoms with van der Waals surface area (Å²) in [5.74, 6) is 3.07. The summed E-state index contributed by atoms with van der Waals surface area (Å²) in [6.45, 7) is 2.15. The molecule has 0 radical (unpaired) electrons. The Morgan fingerprint density at radius 1 is 1.53 bits per heavy atom. The minimum absolute atomic E-state index is 0.136. The van der Waals surface area contributed by atoms with E-state index in [1.54, 1.807) is 18.4 Å². The maximum absolute atomic E-state index is 9.93. The molecule has 1 N–H and O–H groups in total. The fourth-order valence-corrected chi connectivity index (χ4v) is 1.60. The molecular formula is C13H18O2. The molecule has 0 saturated heterocycles. The summed E-state index contributed by atoms with van der Waals surface area (Å²) in [4.78, 5) is 0. The number of furan rings is 1. The maximum Gasteiger partial charge on any atom is 0.133 e. The van der Waals surface area contributed by atoms with Crippen LogP contribution in [0, 0.1) is 18.3 Å². The summed E-state index contributed by atoms with van der Waals surface area (Å²) < 4.78 is 5.14. The molecule has 0 unspecified atom stereocenters. The van der Waals surface area contributed by atoms with Crippen LogP contribution in [-0.2, 0) is 0 Å². The SMILES string of the molecule is C#C[C@@H](CCCCC)[C@@H](O)c1ccco1. The minimum atomic E-state index is -0.665. The summed E-state index contributed by atoms with van der Waals surface area (Å²) in [6.07, 6.45) is 10.5. The van der Waals surface area contributed by atoms with Gasteiger partial charge in [-0.2, -0.15) is 0 Å². The molecule has 2 heteroatoms. The van der Waals surface area contributed by atoms with Gasteiger partial charge < -0.3 is 9.52 Å². The predicted octanol–water partition coefficient (Wildman–Crippen LogP) is 3.14. The largest absolute Gasteiger partial charge is 0.467 e. The normalized spacial score (nSPS) is 14.5.